The molecule has 2 aromatic rings. The van der Waals surface area contributed by atoms with Crippen molar-refractivity contribution in [2.24, 2.45) is 5.92 Å². The molecule has 0 unspecified atom stereocenters. The number of ether oxygens (including phenoxy) is 2. The first-order chi connectivity index (χ1) is 13.6. The fraction of sp³-hybridized carbons (Fsp3) is 0.435. The van der Waals surface area contributed by atoms with Crippen LogP contribution in [0.2, 0.25) is 5.02 Å². The molecular formula is C23H26ClNO3. The highest BCUT2D eigenvalue weighted by atomic mass is 35.5. The Labute approximate surface area is 171 Å². The molecule has 2 aromatic carbocycles. The van der Waals surface area contributed by atoms with Gasteiger partial charge >= 0.3 is 5.97 Å². The second-order valence-corrected chi connectivity index (χ2v) is 7.86. The zero-order valence-electron chi connectivity index (χ0n) is 16.3. The van der Waals surface area contributed by atoms with Gasteiger partial charge in [0.1, 0.15) is 0 Å². The molecule has 148 valence electrons. The number of halogens is 1. The van der Waals surface area contributed by atoms with Gasteiger partial charge in [0, 0.05) is 28.8 Å². The Morgan fingerprint density at radius 3 is 2.82 bits per heavy atom. The van der Waals surface area contributed by atoms with Crippen LogP contribution in [0.4, 0.5) is 5.69 Å². The van der Waals surface area contributed by atoms with E-state index in [1.807, 2.05) is 6.07 Å². The van der Waals surface area contributed by atoms with Crippen molar-refractivity contribution in [2.75, 3.05) is 18.5 Å². The third-order valence-corrected chi connectivity index (χ3v) is 6.11. The molecule has 1 fully saturated rings. The van der Waals surface area contributed by atoms with Crippen molar-refractivity contribution in [3.05, 3.63) is 63.7 Å². The standard InChI is InChI=1S/C23H26ClNO3/c1-3-14-7-10-20-18(12-14)22-17(6-5-11-28-22)21(25-20)16-9-8-15(13-19(16)24)23(26)27-4-2/h7-10,12-13,17,21-22,25H,3-6,11H2,1-2H3/t17-,21-,22-/m1/s1. The lowest BCUT2D eigenvalue weighted by Crippen LogP contribution is -2.36. The fourth-order valence-electron chi connectivity index (χ4n) is 4.37. The third kappa shape index (κ3) is 3.51. The SMILES string of the molecule is CCOC(=O)c1ccc([C@H]2Nc3ccc(CC)cc3[C@@H]3OCCC[C@H]23)c(Cl)c1. The molecule has 28 heavy (non-hydrogen) atoms. The van der Waals surface area contributed by atoms with Crippen LogP contribution in [0.5, 0.6) is 0 Å². The lowest BCUT2D eigenvalue weighted by Gasteiger charge is -2.43. The molecule has 0 radical (unpaired) electrons. The summed E-state index contributed by atoms with van der Waals surface area (Å²) in [6, 6.07) is 12.1. The van der Waals surface area contributed by atoms with Crippen LogP contribution in [0, 0.1) is 5.92 Å². The van der Waals surface area contributed by atoms with Crippen LogP contribution < -0.4 is 5.32 Å². The zero-order valence-corrected chi connectivity index (χ0v) is 17.1. The van der Waals surface area contributed by atoms with Crippen LogP contribution in [0.15, 0.2) is 36.4 Å². The number of esters is 1. The van der Waals surface area contributed by atoms with E-state index in [0.29, 0.717) is 23.1 Å². The number of aryl methyl sites for hydroxylation is 1. The Hall–Kier alpha value is -2.04. The van der Waals surface area contributed by atoms with Crippen molar-refractivity contribution in [3.8, 4) is 0 Å². The Balaban J connectivity index is 1.70. The first kappa shape index (κ1) is 19.3. The van der Waals surface area contributed by atoms with Gasteiger partial charge in [-0.2, -0.15) is 0 Å². The van der Waals surface area contributed by atoms with E-state index in [0.717, 1.165) is 37.1 Å². The van der Waals surface area contributed by atoms with Gasteiger partial charge in [-0.15, -0.1) is 0 Å². The fourth-order valence-corrected chi connectivity index (χ4v) is 4.67. The average molecular weight is 400 g/mol. The lowest BCUT2D eigenvalue weighted by atomic mass is 9.77. The van der Waals surface area contributed by atoms with Crippen molar-refractivity contribution < 1.29 is 14.3 Å². The zero-order chi connectivity index (χ0) is 19.7. The summed E-state index contributed by atoms with van der Waals surface area (Å²) < 4.78 is 11.3. The van der Waals surface area contributed by atoms with Crippen LogP contribution in [-0.2, 0) is 15.9 Å². The molecule has 0 aromatic heterocycles. The molecule has 2 aliphatic rings. The molecule has 1 saturated heterocycles. The van der Waals surface area contributed by atoms with E-state index < -0.39 is 0 Å². The number of carbonyl (C=O) groups is 1. The summed E-state index contributed by atoms with van der Waals surface area (Å²) in [6.07, 6.45) is 3.20. The normalized spacial score (nSPS) is 23.3. The molecule has 1 N–H and O–H groups in total. The summed E-state index contributed by atoms with van der Waals surface area (Å²) in [6.45, 7) is 5.11. The predicted octanol–water partition coefficient (Wildman–Crippen LogP) is 5.71. The van der Waals surface area contributed by atoms with E-state index in [-0.39, 0.29) is 18.1 Å². The second kappa shape index (κ2) is 8.14. The van der Waals surface area contributed by atoms with Crippen molar-refractivity contribution >= 4 is 23.3 Å². The summed E-state index contributed by atoms with van der Waals surface area (Å²) in [5, 5.41) is 4.28. The Kier molecular flexibility index (Phi) is 5.61. The monoisotopic (exact) mass is 399 g/mol. The van der Waals surface area contributed by atoms with E-state index in [1.165, 1.54) is 11.1 Å². The van der Waals surface area contributed by atoms with Gasteiger partial charge in [0.2, 0.25) is 0 Å². The molecule has 4 nitrogen and oxygen atoms in total. The molecular weight excluding hydrogens is 374 g/mol. The summed E-state index contributed by atoms with van der Waals surface area (Å²) in [7, 11) is 0. The molecule has 0 saturated carbocycles. The Morgan fingerprint density at radius 1 is 1.21 bits per heavy atom. The van der Waals surface area contributed by atoms with Crippen molar-refractivity contribution in [1.82, 2.24) is 0 Å². The Bertz CT molecular complexity index is 882. The highest BCUT2D eigenvalue weighted by Crippen LogP contribution is 2.50. The third-order valence-electron chi connectivity index (χ3n) is 5.78. The molecule has 0 amide bonds. The number of anilines is 1. The summed E-state index contributed by atoms with van der Waals surface area (Å²) in [4.78, 5) is 12.0. The van der Waals surface area contributed by atoms with Gasteiger partial charge in [-0.3, -0.25) is 0 Å². The van der Waals surface area contributed by atoms with Crippen molar-refractivity contribution in [2.45, 2.75) is 45.3 Å². The molecule has 4 rings (SSSR count). The smallest absolute Gasteiger partial charge is 0.338 e. The van der Waals surface area contributed by atoms with E-state index in [1.54, 1.807) is 19.1 Å². The maximum absolute atomic E-state index is 12.0. The maximum Gasteiger partial charge on any atom is 0.338 e. The van der Waals surface area contributed by atoms with Gasteiger partial charge in [0.15, 0.2) is 0 Å². The molecule has 2 aliphatic heterocycles. The van der Waals surface area contributed by atoms with E-state index in [4.69, 9.17) is 21.1 Å². The van der Waals surface area contributed by atoms with Crippen LogP contribution >= 0.6 is 11.6 Å². The van der Waals surface area contributed by atoms with E-state index in [2.05, 4.69) is 30.4 Å². The van der Waals surface area contributed by atoms with Gasteiger partial charge in [-0.25, -0.2) is 4.79 Å². The van der Waals surface area contributed by atoms with E-state index >= 15 is 0 Å². The number of fused-ring (bicyclic) bond motifs is 3. The second-order valence-electron chi connectivity index (χ2n) is 7.45. The van der Waals surface area contributed by atoms with Gasteiger partial charge in [-0.05, 0) is 55.5 Å². The number of carbonyl (C=O) groups excluding carboxylic acids is 1. The number of benzene rings is 2. The number of hydrogen-bond acceptors (Lipinski definition) is 4. The Morgan fingerprint density at radius 2 is 2.07 bits per heavy atom. The van der Waals surface area contributed by atoms with Gasteiger partial charge in [0.25, 0.3) is 0 Å². The van der Waals surface area contributed by atoms with Crippen LogP contribution in [0.1, 0.15) is 65.9 Å². The molecule has 0 spiro atoms. The first-order valence-corrected chi connectivity index (χ1v) is 10.5. The largest absolute Gasteiger partial charge is 0.462 e. The minimum Gasteiger partial charge on any atom is -0.462 e. The molecule has 0 aliphatic carbocycles. The van der Waals surface area contributed by atoms with Crippen LogP contribution in [0.25, 0.3) is 0 Å². The topological polar surface area (TPSA) is 47.6 Å². The number of rotatable bonds is 4. The van der Waals surface area contributed by atoms with Crippen LogP contribution in [-0.4, -0.2) is 19.2 Å². The number of nitrogens with one attached hydrogen (secondary N) is 1. The molecule has 5 heteroatoms. The first-order valence-electron chi connectivity index (χ1n) is 10.1. The van der Waals surface area contributed by atoms with Crippen molar-refractivity contribution in [3.63, 3.8) is 0 Å². The summed E-state index contributed by atoms with van der Waals surface area (Å²) in [5.41, 5.74) is 5.16. The van der Waals surface area contributed by atoms with Crippen LogP contribution in [0.3, 0.4) is 0 Å². The average Bonchev–Trinajstić information content (AvgIpc) is 2.73. The van der Waals surface area contributed by atoms with Gasteiger partial charge in [-0.1, -0.05) is 36.7 Å². The molecule has 0 bridgehead atoms. The minimum atomic E-state index is -0.344. The molecule has 3 atom stereocenters. The molecule has 2 heterocycles. The quantitative estimate of drug-likeness (QED) is 0.668. The predicted molar refractivity (Wildman–Crippen MR) is 111 cm³/mol. The highest BCUT2D eigenvalue weighted by molar-refractivity contribution is 6.31. The lowest BCUT2D eigenvalue weighted by molar-refractivity contribution is -0.0381. The summed E-state index contributed by atoms with van der Waals surface area (Å²) >= 11 is 6.62. The van der Waals surface area contributed by atoms with Crippen molar-refractivity contribution in [1.29, 1.82) is 0 Å². The maximum atomic E-state index is 12.0. The number of hydrogen-bond donors (Lipinski definition) is 1. The minimum absolute atomic E-state index is 0.0500. The van der Waals surface area contributed by atoms with E-state index in [9.17, 15) is 4.79 Å². The van der Waals surface area contributed by atoms with Gasteiger partial charge < -0.3 is 14.8 Å². The highest BCUT2D eigenvalue weighted by Gasteiger charge is 2.40. The van der Waals surface area contributed by atoms with Gasteiger partial charge in [0.05, 0.1) is 24.3 Å². The summed E-state index contributed by atoms with van der Waals surface area (Å²) in [5.74, 6) is -0.0387.